The Morgan fingerprint density at radius 3 is 2.47 bits per heavy atom. The maximum atomic E-state index is 14.8. The number of nitriles is 1. The summed E-state index contributed by atoms with van der Waals surface area (Å²) in [7, 11) is 0. The van der Waals surface area contributed by atoms with E-state index < -0.39 is 76.9 Å². The Bertz CT molecular complexity index is 1220. The molecule has 0 aromatic rings. The third kappa shape index (κ3) is 7.16. The van der Waals surface area contributed by atoms with Gasteiger partial charge in [0.05, 0.1) is 12.7 Å². The molecule has 3 heterocycles. The van der Waals surface area contributed by atoms with Crippen molar-refractivity contribution in [3.8, 4) is 6.07 Å². The zero-order valence-corrected chi connectivity index (χ0v) is 25.1. The first-order valence-corrected chi connectivity index (χ1v) is 14.9. The first kappa shape index (κ1) is 32.4. The summed E-state index contributed by atoms with van der Waals surface area (Å²) in [6.45, 7) is 6.96. The van der Waals surface area contributed by atoms with Crippen LogP contribution in [0.5, 0.6) is 0 Å². The van der Waals surface area contributed by atoms with Crippen molar-refractivity contribution < 1.29 is 37.5 Å². The molecule has 3 N–H and O–H groups in total. The van der Waals surface area contributed by atoms with Crippen LogP contribution in [0.4, 0.5) is 8.78 Å². The van der Waals surface area contributed by atoms with Crippen LogP contribution in [-0.4, -0.2) is 77.7 Å². The molecule has 0 aromatic carbocycles. The molecule has 4 amide bonds. The van der Waals surface area contributed by atoms with Crippen LogP contribution in [0.2, 0.25) is 0 Å². The number of halogens is 2. The SMILES string of the molecule is CC(C)=CC[C@H]1CCN2C(=O)[C@@H](NC(=O)C(F)(F)C3CC3)C(C)(C)CCOC(=O)[C@@H]3C[C@@H](CC(C#N)NC(=O)[C@H]12)C(=O)N3. The van der Waals surface area contributed by atoms with Crippen molar-refractivity contribution in [2.45, 2.75) is 103 Å². The van der Waals surface area contributed by atoms with Crippen LogP contribution in [-0.2, 0) is 28.7 Å². The van der Waals surface area contributed by atoms with E-state index in [1.165, 1.54) is 4.90 Å². The maximum Gasteiger partial charge on any atom is 0.328 e. The second kappa shape index (κ2) is 12.6. The normalized spacial score (nSPS) is 31.7. The smallest absolute Gasteiger partial charge is 0.328 e. The van der Waals surface area contributed by atoms with Crippen molar-refractivity contribution in [1.29, 1.82) is 5.26 Å². The van der Waals surface area contributed by atoms with Crippen molar-refractivity contribution in [2.75, 3.05) is 13.2 Å². The zero-order valence-electron chi connectivity index (χ0n) is 25.1. The van der Waals surface area contributed by atoms with E-state index in [4.69, 9.17) is 4.74 Å². The van der Waals surface area contributed by atoms with Crippen LogP contribution in [0, 0.1) is 34.5 Å². The lowest BCUT2D eigenvalue weighted by molar-refractivity contribution is -0.155. The summed E-state index contributed by atoms with van der Waals surface area (Å²) in [5.41, 5.74) is -0.169. The number of cyclic esters (lactones) is 1. The molecular formula is C30H41F2N5O6. The average molecular weight is 606 g/mol. The summed E-state index contributed by atoms with van der Waals surface area (Å²) in [5, 5.41) is 17.4. The Morgan fingerprint density at radius 2 is 1.84 bits per heavy atom. The van der Waals surface area contributed by atoms with E-state index in [2.05, 4.69) is 16.0 Å². The molecule has 0 radical (unpaired) electrons. The molecule has 236 valence electrons. The van der Waals surface area contributed by atoms with Crippen molar-refractivity contribution in [3.05, 3.63) is 11.6 Å². The standard InChI is InChI=1S/C30H41F2N5O6/c1-16(2)5-6-17-9-11-37-22(17)25(39)34-20(15-33)13-18-14-21(35-24(18)38)27(41)43-12-10-29(3,4)23(26(37)40)36-28(42)30(31,32)19-7-8-19/h5,17-23H,6-14H2,1-4H3,(H,34,39)(H,35,38)(H,36,42)/t17-,18+,20?,21-,22-,23+/m0/s1. The monoisotopic (exact) mass is 605 g/mol. The fourth-order valence-electron chi connectivity index (χ4n) is 6.15. The summed E-state index contributed by atoms with van der Waals surface area (Å²) in [4.78, 5) is 67.5. The fraction of sp³-hybridized carbons (Fsp3) is 0.733. The summed E-state index contributed by atoms with van der Waals surface area (Å²) in [6, 6.07) is -2.52. The lowest BCUT2D eigenvalue weighted by atomic mass is 9.80. The molecule has 6 atom stereocenters. The van der Waals surface area contributed by atoms with Gasteiger partial charge in [0.2, 0.25) is 17.7 Å². The lowest BCUT2D eigenvalue weighted by Gasteiger charge is -2.39. The average Bonchev–Trinajstić information content (AvgIpc) is 3.62. The number of alkyl halides is 2. The highest BCUT2D eigenvalue weighted by Crippen LogP contribution is 2.44. The maximum absolute atomic E-state index is 14.8. The number of carbonyl (C=O) groups excluding carboxylic acids is 5. The number of rotatable bonds is 5. The van der Waals surface area contributed by atoms with Gasteiger partial charge in [-0.05, 0) is 70.1 Å². The van der Waals surface area contributed by atoms with Crippen LogP contribution in [0.1, 0.15) is 72.6 Å². The van der Waals surface area contributed by atoms with E-state index in [1.54, 1.807) is 13.8 Å². The number of carbonyl (C=O) groups is 5. The molecule has 4 rings (SSSR count). The minimum Gasteiger partial charge on any atom is -0.464 e. The van der Waals surface area contributed by atoms with Gasteiger partial charge in [0.15, 0.2) is 0 Å². The highest BCUT2D eigenvalue weighted by atomic mass is 19.3. The van der Waals surface area contributed by atoms with E-state index in [0.717, 1.165) is 5.57 Å². The van der Waals surface area contributed by atoms with E-state index in [-0.39, 0.29) is 51.2 Å². The van der Waals surface area contributed by atoms with E-state index in [1.807, 2.05) is 26.0 Å². The predicted octanol–water partition coefficient (Wildman–Crippen LogP) is 1.97. The lowest BCUT2D eigenvalue weighted by Crippen LogP contribution is -2.61. The number of hydrogen-bond acceptors (Lipinski definition) is 7. The summed E-state index contributed by atoms with van der Waals surface area (Å²) in [6.07, 6.45) is 3.33. The first-order valence-electron chi connectivity index (χ1n) is 14.9. The molecule has 1 saturated carbocycles. The van der Waals surface area contributed by atoms with Crippen molar-refractivity contribution in [1.82, 2.24) is 20.9 Å². The number of fused-ring (bicyclic) bond motifs is 3. The molecule has 13 heteroatoms. The zero-order chi connectivity index (χ0) is 31.7. The van der Waals surface area contributed by atoms with Crippen LogP contribution < -0.4 is 16.0 Å². The van der Waals surface area contributed by atoms with Gasteiger partial charge in [-0.2, -0.15) is 14.0 Å². The van der Waals surface area contributed by atoms with Gasteiger partial charge in [-0.25, -0.2) is 4.79 Å². The van der Waals surface area contributed by atoms with Gasteiger partial charge >= 0.3 is 11.9 Å². The second-order valence-electron chi connectivity index (χ2n) is 13.2. The Balaban J connectivity index is 1.71. The number of nitrogens with zero attached hydrogens (tertiary/aromatic N) is 2. The van der Waals surface area contributed by atoms with Crippen LogP contribution >= 0.6 is 0 Å². The van der Waals surface area contributed by atoms with E-state index in [9.17, 15) is 38.0 Å². The third-order valence-corrected chi connectivity index (χ3v) is 9.08. The number of nitrogens with one attached hydrogen (secondary N) is 3. The number of esters is 1. The summed E-state index contributed by atoms with van der Waals surface area (Å²) < 4.78 is 35.1. The molecular weight excluding hydrogens is 564 g/mol. The molecule has 0 aromatic heterocycles. The van der Waals surface area contributed by atoms with Gasteiger partial charge in [0.1, 0.15) is 24.2 Å². The quantitative estimate of drug-likeness (QED) is 0.319. The largest absolute Gasteiger partial charge is 0.464 e. The van der Waals surface area contributed by atoms with Gasteiger partial charge in [-0.1, -0.05) is 25.5 Å². The topological polar surface area (TPSA) is 158 Å². The van der Waals surface area contributed by atoms with Crippen molar-refractivity contribution >= 4 is 29.6 Å². The Morgan fingerprint density at radius 1 is 1.14 bits per heavy atom. The molecule has 11 nitrogen and oxygen atoms in total. The van der Waals surface area contributed by atoms with Gasteiger partial charge in [0.25, 0.3) is 5.91 Å². The number of allylic oxidation sites excluding steroid dienone is 2. The van der Waals surface area contributed by atoms with Crippen LogP contribution in [0.15, 0.2) is 11.6 Å². The van der Waals surface area contributed by atoms with Crippen LogP contribution in [0.25, 0.3) is 0 Å². The molecule has 3 aliphatic heterocycles. The minimum absolute atomic E-state index is 0.0247. The van der Waals surface area contributed by atoms with Crippen LogP contribution in [0.3, 0.4) is 0 Å². The molecule has 4 aliphatic rings. The Kier molecular flexibility index (Phi) is 9.47. The summed E-state index contributed by atoms with van der Waals surface area (Å²) in [5.74, 6) is -9.78. The second-order valence-corrected chi connectivity index (χ2v) is 13.2. The van der Waals surface area contributed by atoms with Gasteiger partial charge < -0.3 is 25.6 Å². The number of amides is 4. The number of hydrogen-bond donors (Lipinski definition) is 3. The van der Waals surface area contributed by atoms with Gasteiger partial charge in [-0.15, -0.1) is 0 Å². The highest BCUT2D eigenvalue weighted by molar-refractivity contribution is 5.95. The Labute approximate surface area is 250 Å². The fourth-order valence-corrected chi connectivity index (χ4v) is 6.15. The molecule has 4 fully saturated rings. The molecule has 3 saturated heterocycles. The highest BCUT2D eigenvalue weighted by Gasteiger charge is 2.55. The molecule has 1 unspecified atom stereocenters. The Hall–Kier alpha value is -3.56. The number of ether oxygens (including phenoxy) is 1. The minimum atomic E-state index is -3.66. The predicted molar refractivity (Wildman–Crippen MR) is 149 cm³/mol. The summed E-state index contributed by atoms with van der Waals surface area (Å²) >= 11 is 0. The third-order valence-electron chi connectivity index (χ3n) is 9.08. The van der Waals surface area contributed by atoms with Crippen molar-refractivity contribution in [2.24, 2.45) is 23.2 Å². The van der Waals surface area contributed by atoms with E-state index in [0.29, 0.717) is 12.8 Å². The molecule has 0 spiro atoms. The first-order chi connectivity index (χ1) is 20.1. The molecule has 2 bridgehead atoms. The van der Waals surface area contributed by atoms with E-state index >= 15 is 0 Å². The molecule has 1 aliphatic carbocycles. The van der Waals surface area contributed by atoms with Gasteiger partial charge in [0, 0.05) is 18.4 Å². The van der Waals surface area contributed by atoms with Gasteiger partial charge in [-0.3, -0.25) is 19.2 Å². The van der Waals surface area contributed by atoms with Crippen molar-refractivity contribution in [3.63, 3.8) is 0 Å². The molecule has 43 heavy (non-hydrogen) atoms.